The van der Waals surface area contributed by atoms with Gasteiger partial charge in [-0.25, -0.2) is 9.59 Å². The van der Waals surface area contributed by atoms with E-state index >= 15 is 0 Å². The van der Waals surface area contributed by atoms with Crippen LogP contribution in [0.15, 0.2) is 23.3 Å². The number of nitrogens with two attached hydrogens (primary N) is 2. The van der Waals surface area contributed by atoms with Crippen molar-refractivity contribution in [2.45, 2.75) is 19.3 Å². The van der Waals surface area contributed by atoms with E-state index in [1.54, 1.807) is 0 Å². The quantitative estimate of drug-likeness (QED) is 0.420. The van der Waals surface area contributed by atoms with Crippen LogP contribution in [0.5, 0.6) is 0 Å². The van der Waals surface area contributed by atoms with Gasteiger partial charge in [0, 0.05) is 23.3 Å². The zero-order valence-corrected chi connectivity index (χ0v) is 9.96. The first-order valence-corrected chi connectivity index (χ1v) is 5.20. The third-order valence-electron chi connectivity index (χ3n) is 2.07. The SMILES string of the molecule is NC(=O)/C=C(/CCC/C(=C/C(N)=O)C(=O)O)C(=O)O. The van der Waals surface area contributed by atoms with Crippen molar-refractivity contribution in [2.24, 2.45) is 11.5 Å². The highest BCUT2D eigenvalue weighted by Crippen LogP contribution is 2.13. The second kappa shape index (κ2) is 7.64. The van der Waals surface area contributed by atoms with Crippen LogP contribution in [0, 0.1) is 0 Å². The highest BCUT2D eigenvalue weighted by atomic mass is 16.4. The van der Waals surface area contributed by atoms with Crippen molar-refractivity contribution in [1.29, 1.82) is 0 Å². The van der Waals surface area contributed by atoms with Gasteiger partial charge in [0.05, 0.1) is 0 Å². The fourth-order valence-corrected chi connectivity index (χ4v) is 1.29. The number of amides is 2. The molecule has 104 valence electrons. The Bertz CT molecular complexity index is 422. The summed E-state index contributed by atoms with van der Waals surface area (Å²) in [5, 5.41) is 17.5. The lowest BCUT2D eigenvalue weighted by molar-refractivity contribution is -0.133. The second-order valence-corrected chi connectivity index (χ2v) is 3.61. The maximum atomic E-state index is 10.7. The fourth-order valence-electron chi connectivity index (χ4n) is 1.29. The molecule has 6 N–H and O–H groups in total. The molecule has 0 aromatic rings. The first-order chi connectivity index (χ1) is 8.73. The van der Waals surface area contributed by atoms with E-state index in [1.165, 1.54) is 0 Å². The molecule has 2 amide bonds. The predicted octanol–water partition coefficient (Wildman–Crippen LogP) is -0.851. The number of carbonyl (C=O) groups excluding carboxylic acids is 2. The number of primary amides is 2. The van der Waals surface area contributed by atoms with E-state index in [4.69, 9.17) is 21.7 Å². The molecule has 0 spiro atoms. The average Bonchev–Trinajstić information content (AvgIpc) is 2.24. The van der Waals surface area contributed by atoms with Gasteiger partial charge in [-0.15, -0.1) is 0 Å². The van der Waals surface area contributed by atoms with E-state index in [9.17, 15) is 19.2 Å². The molecular formula is C11H14N2O6. The van der Waals surface area contributed by atoms with Crippen molar-refractivity contribution in [1.82, 2.24) is 0 Å². The van der Waals surface area contributed by atoms with Gasteiger partial charge in [-0.05, 0) is 19.3 Å². The first kappa shape index (κ1) is 16.4. The molecule has 0 aliphatic carbocycles. The van der Waals surface area contributed by atoms with Gasteiger partial charge in [-0.1, -0.05) is 0 Å². The second-order valence-electron chi connectivity index (χ2n) is 3.61. The molecule has 8 heteroatoms. The van der Waals surface area contributed by atoms with E-state index in [2.05, 4.69) is 0 Å². The minimum absolute atomic E-state index is 0.0539. The topological polar surface area (TPSA) is 161 Å². The van der Waals surface area contributed by atoms with Crippen LogP contribution in [0.2, 0.25) is 0 Å². The predicted molar refractivity (Wildman–Crippen MR) is 63.7 cm³/mol. The number of aliphatic carboxylic acids is 2. The summed E-state index contributed by atoms with van der Waals surface area (Å²) in [7, 11) is 0. The smallest absolute Gasteiger partial charge is 0.331 e. The summed E-state index contributed by atoms with van der Waals surface area (Å²) in [4.78, 5) is 42.6. The van der Waals surface area contributed by atoms with Crippen molar-refractivity contribution in [3.8, 4) is 0 Å². The summed E-state index contributed by atoms with van der Waals surface area (Å²) in [6.45, 7) is 0. The summed E-state index contributed by atoms with van der Waals surface area (Å²) in [6.07, 6.45) is 1.54. The molecule has 0 atom stereocenters. The summed E-state index contributed by atoms with van der Waals surface area (Å²) < 4.78 is 0. The lowest BCUT2D eigenvalue weighted by Crippen LogP contribution is -2.12. The Morgan fingerprint density at radius 1 is 0.789 bits per heavy atom. The van der Waals surface area contributed by atoms with Gasteiger partial charge in [0.1, 0.15) is 0 Å². The van der Waals surface area contributed by atoms with Gasteiger partial charge in [0.2, 0.25) is 11.8 Å². The lowest BCUT2D eigenvalue weighted by Gasteiger charge is -2.03. The molecule has 0 saturated carbocycles. The van der Waals surface area contributed by atoms with E-state index < -0.39 is 23.8 Å². The number of carboxylic acids is 2. The van der Waals surface area contributed by atoms with Crippen molar-refractivity contribution < 1.29 is 29.4 Å². The normalized spacial score (nSPS) is 12.0. The Hall–Kier alpha value is -2.64. The van der Waals surface area contributed by atoms with Gasteiger partial charge in [-0.2, -0.15) is 0 Å². The van der Waals surface area contributed by atoms with E-state index in [0.29, 0.717) is 0 Å². The van der Waals surface area contributed by atoms with Gasteiger partial charge in [0.15, 0.2) is 0 Å². The zero-order valence-electron chi connectivity index (χ0n) is 9.96. The molecule has 0 rings (SSSR count). The number of hydrogen-bond donors (Lipinski definition) is 4. The summed E-state index contributed by atoms with van der Waals surface area (Å²) in [6, 6.07) is 0. The van der Waals surface area contributed by atoms with Gasteiger partial charge in [0.25, 0.3) is 0 Å². The number of rotatable bonds is 8. The molecule has 0 heterocycles. The molecule has 0 fully saturated rings. The number of hydrogen-bond acceptors (Lipinski definition) is 4. The summed E-state index contributed by atoms with van der Waals surface area (Å²) in [5.41, 5.74) is 9.21. The van der Waals surface area contributed by atoms with Crippen LogP contribution in [0.4, 0.5) is 0 Å². The van der Waals surface area contributed by atoms with E-state index in [-0.39, 0.29) is 30.4 Å². The third kappa shape index (κ3) is 7.31. The Labute approximate surface area is 108 Å². The Morgan fingerprint density at radius 3 is 1.32 bits per heavy atom. The Morgan fingerprint density at radius 2 is 1.11 bits per heavy atom. The number of carbonyl (C=O) groups is 4. The fraction of sp³-hybridized carbons (Fsp3) is 0.273. The third-order valence-corrected chi connectivity index (χ3v) is 2.07. The molecule has 8 nitrogen and oxygen atoms in total. The van der Waals surface area contributed by atoms with Crippen LogP contribution in [-0.4, -0.2) is 34.0 Å². The minimum atomic E-state index is -1.31. The van der Waals surface area contributed by atoms with Gasteiger partial charge >= 0.3 is 11.9 Å². The van der Waals surface area contributed by atoms with E-state index in [1.807, 2.05) is 0 Å². The standard InChI is InChI=1S/C11H14N2O6/c12-8(14)4-6(10(16)17)2-1-3-7(11(18)19)5-9(13)15/h4-5H,1-3H2,(H2,12,14)(H2,13,15)(H,16,17)(H,18,19)/b6-4-,7-5-. The molecule has 0 aromatic heterocycles. The summed E-state index contributed by atoms with van der Waals surface area (Å²) in [5.74, 6) is -4.42. The highest BCUT2D eigenvalue weighted by molar-refractivity contribution is 5.97. The van der Waals surface area contributed by atoms with E-state index in [0.717, 1.165) is 12.2 Å². The zero-order chi connectivity index (χ0) is 15.0. The largest absolute Gasteiger partial charge is 0.478 e. The van der Waals surface area contributed by atoms with Crippen LogP contribution in [0.25, 0.3) is 0 Å². The maximum Gasteiger partial charge on any atom is 0.331 e. The molecule has 0 radical (unpaired) electrons. The molecule has 0 saturated heterocycles. The van der Waals surface area contributed by atoms with Crippen LogP contribution < -0.4 is 11.5 Å². The molecular weight excluding hydrogens is 256 g/mol. The molecule has 0 aromatic carbocycles. The average molecular weight is 270 g/mol. The number of carboxylic acid groups (broad SMARTS) is 2. The Balaban J connectivity index is 4.64. The molecule has 0 aliphatic heterocycles. The Kier molecular flexibility index (Phi) is 6.58. The lowest BCUT2D eigenvalue weighted by atomic mass is 10.0. The first-order valence-electron chi connectivity index (χ1n) is 5.20. The van der Waals surface area contributed by atoms with Crippen LogP contribution >= 0.6 is 0 Å². The molecule has 19 heavy (non-hydrogen) atoms. The monoisotopic (exact) mass is 270 g/mol. The van der Waals surface area contributed by atoms with Crippen LogP contribution in [0.1, 0.15) is 19.3 Å². The van der Waals surface area contributed by atoms with Crippen molar-refractivity contribution in [2.75, 3.05) is 0 Å². The van der Waals surface area contributed by atoms with Crippen LogP contribution in [-0.2, 0) is 19.2 Å². The van der Waals surface area contributed by atoms with Gasteiger partial charge in [-0.3, -0.25) is 9.59 Å². The molecule has 0 bridgehead atoms. The summed E-state index contributed by atoms with van der Waals surface area (Å²) >= 11 is 0. The van der Waals surface area contributed by atoms with Gasteiger partial charge < -0.3 is 21.7 Å². The minimum Gasteiger partial charge on any atom is -0.478 e. The highest BCUT2D eigenvalue weighted by Gasteiger charge is 2.12. The van der Waals surface area contributed by atoms with Crippen molar-refractivity contribution >= 4 is 23.8 Å². The van der Waals surface area contributed by atoms with Crippen molar-refractivity contribution in [3.63, 3.8) is 0 Å². The van der Waals surface area contributed by atoms with Crippen molar-refractivity contribution in [3.05, 3.63) is 23.3 Å². The maximum absolute atomic E-state index is 10.7. The van der Waals surface area contributed by atoms with Crippen LogP contribution in [0.3, 0.4) is 0 Å². The molecule has 0 aliphatic rings. The molecule has 0 unspecified atom stereocenters.